The zero-order valence-electron chi connectivity index (χ0n) is 18.0. The van der Waals surface area contributed by atoms with Crippen molar-refractivity contribution in [3.63, 3.8) is 0 Å². The number of aliphatic hydroxyl groups is 1. The molecule has 0 fully saturated rings. The average Bonchev–Trinajstić information content (AvgIpc) is 2.57. The van der Waals surface area contributed by atoms with Gasteiger partial charge in [-0.15, -0.1) is 12.4 Å². The van der Waals surface area contributed by atoms with E-state index in [-0.39, 0.29) is 12.4 Å². The smallest absolute Gasteiger partial charge is 0.121 e. The number of nitrogens with zero attached hydrogens (tertiary/aromatic N) is 2. The molecule has 0 saturated heterocycles. The van der Waals surface area contributed by atoms with E-state index in [9.17, 15) is 5.11 Å². The number of anilines is 1. The Morgan fingerprint density at radius 1 is 1.18 bits per heavy atom. The van der Waals surface area contributed by atoms with Gasteiger partial charge in [-0.2, -0.15) is 0 Å². The normalized spacial score (nSPS) is 13.6. The standard InChI is InChI=1S/C22H35N3O2.ClH/c1-16(2)12-25(13-17(3)4)15-22(5,26)14-24-20-11-19(27-6)10-18-8-7-9-23-21(18)20;/h7-11,16-17,24,26H,12-15H2,1-6H3;1H. The Balaban J connectivity index is 0.00000392. The lowest BCUT2D eigenvalue weighted by atomic mass is 10.0. The van der Waals surface area contributed by atoms with Gasteiger partial charge in [-0.05, 0) is 30.9 Å². The minimum Gasteiger partial charge on any atom is -0.497 e. The number of halogens is 1. The predicted molar refractivity (Wildman–Crippen MR) is 121 cm³/mol. The van der Waals surface area contributed by atoms with E-state index in [2.05, 4.69) is 42.9 Å². The maximum absolute atomic E-state index is 11.0. The molecule has 1 unspecified atom stereocenters. The average molecular weight is 410 g/mol. The van der Waals surface area contributed by atoms with Crippen molar-refractivity contribution < 1.29 is 9.84 Å². The van der Waals surface area contributed by atoms with Crippen LogP contribution in [0.3, 0.4) is 0 Å². The summed E-state index contributed by atoms with van der Waals surface area (Å²) in [5, 5.41) is 15.4. The summed E-state index contributed by atoms with van der Waals surface area (Å²) in [6.07, 6.45) is 1.78. The molecule has 28 heavy (non-hydrogen) atoms. The van der Waals surface area contributed by atoms with Crippen LogP contribution in [0.5, 0.6) is 5.75 Å². The molecule has 0 aliphatic heterocycles. The Labute approximate surface area is 175 Å². The Kier molecular flexibility index (Phi) is 9.48. The molecule has 158 valence electrons. The first kappa shape index (κ1) is 24.5. The van der Waals surface area contributed by atoms with Gasteiger partial charge in [0.2, 0.25) is 0 Å². The minimum atomic E-state index is -0.853. The summed E-state index contributed by atoms with van der Waals surface area (Å²) in [4.78, 5) is 6.85. The lowest BCUT2D eigenvalue weighted by molar-refractivity contribution is 0.0239. The highest BCUT2D eigenvalue weighted by molar-refractivity contribution is 5.91. The van der Waals surface area contributed by atoms with Gasteiger partial charge in [-0.1, -0.05) is 33.8 Å². The highest BCUT2D eigenvalue weighted by atomic mass is 35.5. The van der Waals surface area contributed by atoms with Gasteiger partial charge in [0, 0.05) is 43.8 Å². The SMILES string of the molecule is COc1cc(NCC(C)(O)CN(CC(C)C)CC(C)C)c2ncccc2c1.Cl. The molecule has 1 aromatic heterocycles. The quantitative estimate of drug-likeness (QED) is 0.607. The number of nitrogens with one attached hydrogen (secondary N) is 1. The van der Waals surface area contributed by atoms with Crippen LogP contribution in [0.4, 0.5) is 5.69 Å². The second-order valence-electron chi connectivity index (χ2n) is 8.58. The maximum atomic E-state index is 11.0. The lowest BCUT2D eigenvalue weighted by Crippen LogP contribution is -2.47. The third-order valence-corrected chi connectivity index (χ3v) is 4.38. The molecule has 5 nitrogen and oxygen atoms in total. The zero-order chi connectivity index (χ0) is 20.0. The first-order valence-corrected chi connectivity index (χ1v) is 9.81. The first-order valence-electron chi connectivity index (χ1n) is 9.81. The van der Waals surface area contributed by atoms with Crippen molar-refractivity contribution in [3.8, 4) is 5.75 Å². The first-order chi connectivity index (χ1) is 12.7. The summed E-state index contributed by atoms with van der Waals surface area (Å²) in [6, 6.07) is 7.84. The van der Waals surface area contributed by atoms with Crippen molar-refractivity contribution in [2.75, 3.05) is 38.6 Å². The number of rotatable bonds is 10. The van der Waals surface area contributed by atoms with Gasteiger partial charge < -0.3 is 15.2 Å². The molecule has 2 aromatic rings. The lowest BCUT2D eigenvalue weighted by Gasteiger charge is -2.34. The third-order valence-electron chi connectivity index (χ3n) is 4.38. The van der Waals surface area contributed by atoms with Crippen LogP contribution in [-0.4, -0.2) is 53.9 Å². The number of aromatic nitrogens is 1. The van der Waals surface area contributed by atoms with Crippen molar-refractivity contribution in [2.45, 2.75) is 40.2 Å². The summed E-state index contributed by atoms with van der Waals surface area (Å²) < 4.78 is 5.41. The van der Waals surface area contributed by atoms with Crippen LogP contribution in [0.1, 0.15) is 34.6 Å². The molecule has 1 atom stereocenters. The molecule has 0 aliphatic carbocycles. The number of ether oxygens (including phenoxy) is 1. The number of benzene rings is 1. The minimum absolute atomic E-state index is 0. The zero-order valence-corrected chi connectivity index (χ0v) is 18.8. The molecule has 6 heteroatoms. The van der Waals surface area contributed by atoms with Gasteiger partial charge in [-0.25, -0.2) is 0 Å². The molecule has 0 bridgehead atoms. The Morgan fingerprint density at radius 3 is 2.39 bits per heavy atom. The van der Waals surface area contributed by atoms with Crippen molar-refractivity contribution in [3.05, 3.63) is 30.5 Å². The van der Waals surface area contributed by atoms with Gasteiger partial charge >= 0.3 is 0 Å². The van der Waals surface area contributed by atoms with Crippen LogP contribution in [0, 0.1) is 11.8 Å². The highest BCUT2D eigenvalue weighted by Crippen LogP contribution is 2.28. The van der Waals surface area contributed by atoms with Gasteiger partial charge in [0.15, 0.2) is 0 Å². The van der Waals surface area contributed by atoms with E-state index in [1.165, 1.54) is 0 Å². The largest absolute Gasteiger partial charge is 0.497 e. The second-order valence-corrected chi connectivity index (χ2v) is 8.58. The van der Waals surface area contributed by atoms with E-state index in [0.717, 1.165) is 35.4 Å². The van der Waals surface area contributed by atoms with Crippen molar-refractivity contribution in [1.82, 2.24) is 9.88 Å². The molecule has 0 saturated carbocycles. The van der Waals surface area contributed by atoms with Crippen LogP contribution in [-0.2, 0) is 0 Å². The van der Waals surface area contributed by atoms with Crippen molar-refractivity contribution in [2.24, 2.45) is 11.8 Å². The summed E-state index contributed by atoms with van der Waals surface area (Å²) in [7, 11) is 1.66. The van der Waals surface area contributed by atoms with E-state index >= 15 is 0 Å². The topological polar surface area (TPSA) is 57.6 Å². The van der Waals surface area contributed by atoms with E-state index in [1.54, 1.807) is 13.3 Å². The molecular formula is C22H36ClN3O2. The van der Waals surface area contributed by atoms with E-state index in [1.807, 2.05) is 31.2 Å². The molecule has 2 N–H and O–H groups in total. The van der Waals surface area contributed by atoms with Crippen LogP contribution >= 0.6 is 12.4 Å². The molecule has 0 aliphatic rings. The second kappa shape index (κ2) is 10.8. The molecule has 1 heterocycles. The van der Waals surface area contributed by atoms with E-state index < -0.39 is 5.60 Å². The molecule has 2 rings (SSSR count). The Hall–Kier alpha value is -1.56. The number of methoxy groups -OCH3 is 1. The number of pyridine rings is 1. The maximum Gasteiger partial charge on any atom is 0.121 e. The summed E-state index contributed by atoms with van der Waals surface area (Å²) in [5.74, 6) is 1.91. The van der Waals surface area contributed by atoms with Gasteiger partial charge in [-0.3, -0.25) is 9.88 Å². The van der Waals surface area contributed by atoms with E-state index in [4.69, 9.17) is 4.74 Å². The molecule has 1 aromatic carbocycles. The summed E-state index contributed by atoms with van der Waals surface area (Å²) >= 11 is 0. The Bertz CT molecular complexity index is 725. The molecule has 0 amide bonds. The summed E-state index contributed by atoms with van der Waals surface area (Å²) in [5.41, 5.74) is 0.910. The monoisotopic (exact) mass is 409 g/mol. The number of hydrogen-bond acceptors (Lipinski definition) is 5. The fourth-order valence-corrected chi connectivity index (χ4v) is 3.48. The van der Waals surface area contributed by atoms with Crippen molar-refractivity contribution in [1.29, 1.82) is 0 Å². The van der Waals surface area contributed by atoms with Crippen LogP contribution < -0.4 is 10.1 Å². The Morgan fingerprint density at radius 2 is 1.82 bits per heavy atom. The van der Waals surface area contributed by atoms with Gasteiger partial charge in [0.1, 0.15) is 5.75 Å². The predicted octanol–water partition coefficient (Wildman–Crippen LogP) is 4.44. The molecule has 0 spiro atoms. The molecule has 0 radical (unpaired) electrons. The van der Waals surface area contributed by atoms with E-state index in [0.29, 0.717) is 24.9 Å². The van der Waals surface area contributed by atoms with Crippen molar-refractivity contribution >= 4 is 29.0 Å². The van der Waals surface area contributed by atoms with Gasteiger partial charge in [0.05, 0.1) is 23.9 Å². The highest BCUT2D eigenvalue weighted by Gasteiger charge is 2.25. The third kappa shape index (κ3) is 7.46. The number of fused-ring (bicyclic) bond motifs is 1. The fraction of sp³-hybridized carbons (Fsp3) is 0.591. The van der Waals surface area contributed by atoms with Crippen LogP contribution in [0.25, 0.3) is 10.9 Å². The van der Waals surface area contributed by atoms with Crippen LogP contribution in [0.2, 0.25) is 0 Å². The van der Waals surface area contributed by atoms with Crippen LogP contribution in [0.15, 0.2) is 30.5 Å². The fourth-order valence-electron chi connectivity index (χ4n) is 3.48. The number of hydrogen-bond donors (Lipinski definition) is 2. The molecular weight excluding hydrogens is 374 g/mol. The summed E-state index contributed by atoms with van der Waals surface area (Å²) in [6.45, 7) is 13.8. The van der Waals surface area contributed by atoms with Gasteiger partial charge in [0.25, 0.3) is 0 Å².